The Bertz CT molecular complexity index is 128. The van der Waals surface area contributed by atoms with Crippen LogP contribution in [0.1, 0.15) is 58.3 Å². The second-order valence-electron chi connectivity index (χ2n) is 3.39. The first-order chi connectivity index (χ1) is 6.31. The summed E-state index contributed by atoms with van der Waals surface area (Å²) in [5.74, 6) is -0.0600. The van der Waals surface area contributed by atoms with Crippen LogP contribution in [0.5, 0.6) is 0 Å². The molecule has 0 saturated heterocycles. The van der Waals surface area contributed by atoms with Gasteiger partial charge in [-0.3, -0.25) is 9.63 Å². The van der Waals surface area contributed by atoms with Crippen LogP contribution in [0.25, 0.3) is 0 Å². The van der Waals surface area contributed by atoms with Crippen LogP contribution in [-0.4, -0.2) is 5.91 Å². The molecular formula is C10H20ClNO. The van der Waals surface area contributed by atoms with Gasteiger partial charge in [-0.25, -0.2) is 0 Å². The third-order valence-corrected chi connectivity index (χ3v) is 2.32. The summed E-state index contributed by atoms with van der Waals surface area (Å²) in [6, 6.07) is 0. The van der Waals surface area contributed by atoms with E-state index >= 15 is 0 Å². The Morgan fingerprint density at radius 2 is 1.62 bits per heavy atom. The minimum atomic E-state index is -0.0600. The summed E-state index contributed by atoms with van der Waals surface area (Å²) in [7, 11) is 0. The van der Waals surface area contributed by atoms with Crippen LogP contribution in [0.15, 0.2) is 0 Å². The zero-order chi connectivity index (χ0) is 9.94. The molecule has 0 radical (unpaired) electrons. The Balaban J connectivity index is 2.95. The fourth-order valence-corrected chi connectivity index (χ4v) is 1.38. The van der Waals surface area contributed by atoms with Crippen LogP contribution >= 0.6 is 11.8 Å². The number of nitrogens with one attached hydrogen (secondary N) is 1. The monoisotopic (exact) mass is 205 g/mol. The fourth-order valence-electron chi connectivity index (χ4n) is 1.29. The number of hydrogen-bond donors (Lipinski definition) is 1. The highest BCUT2D eigenvalue weighted by molar-refractivity contribution is 6.21. The van der Waals surface area contributed by atoms with E-state index in [2.05, 4.69) is 11.8 Å². The zero-order valence-corrected chi connectivity index (χ0v) is 9.20. The molecule has 0 heterocycles. The van der Waals surface area contributed by atoms with E-state index in [9.17, 15) is 4.79 Å². The summed E-state index contributed by atoms with van der Waals surface area (Å²) in [5.41, 5.74) is 0. The van der Waals surface area contributed by atoms with Gasteiger partial charge in [0.05, 0.1) is 0 Å². The number of halogens is 1. The highest BCUT2D eigenvalue weighted by Gasteiger charge is 1.97. The van der Waals surface area contributed by atoms with E-state index in [1.807, 2.05) is 0 Å². The summed E-state index contributed by atoms with van der Waals surface area (Å²) in [6.07, 6.45) is 9.18. The second kappa shape index (κ2) is 9.85. The lowest BCUT2D eigenvalue weighted by molar-refractivity contribution is -0.119. The van der Waals surface area contributed by atoms with Crippen molar-refractivity contribution in [3.8, 4) is 0 Å². The molecule has 0 aliphatic carbocycles. The van der Waals surface area contributed by atoms with Crippen molar-refractivity contribution in [2.24, 2.45) is 0 Å². The summed E-state index contributed by atoms with van der Waals surface area (Å²) >= 11 is 5.13. The van der Waals surface area contributed by atoms with Crippen LogP contribution in [0.2, 0.25) is 0 Å². The van der Waals surface area contributed by atoms with Crippen LogP contribution in [0.3, 0.4) is 0 Å². The maximum atomic E-state index is 10.7. The molecule has 0 fully saturated rings. The highest BCUT2D eigenvalue weighted by atomic mass is 35.5. The minimum Gasteiger partial charge on any atom is -0.274 e. The number of unbranched alkanes of at least 4 members (excludes halogenated alkanes) is 6. The van der Waals surface area contributed by atoms with E-state index in [0.717, 1.165) is 12.8 Å². The molecule has 0 bridgehead atoms. The van der Waals surface area contributed by atoms with Gasteiger partial charge in [0.2, 0.25) is 5.91 Å². The topological polar surface area (TPSA) is 29.1 Å². The minimum absolute atomic E-state index is 0.0600. The molecule has 0 saturated carbocycles. The quantitative estimate of drug-likeness (QED) is 0.478. The van der Waals surface area contributed by atoms with E-state index in [4.69, 9.17) is 11.8 Å². The molecule has 0 aromatic heterocycles. The molecule has 0 aromatic carbocycles. The Morgan fingerprint density at radius 1 is 1.08 bits per heavy atom. The van der Waals surface area contributed by atoms with E-state index in [1.54, 1.807) is 0 Å². The van der Waals surface area contributed by atoms with Gasteiger partial charge in [0.25, 0.3) is 0 Å². The van der Waals surface area contributed by atoms with Crippen LogP contribution < -0.4 is 4.84 Å². The maximum absolute atomic E-state index is 10.7. The summed E-state index contributed by atoms with van der Waals surface area (Å²) < 4.78 is 0. The number of carbonyl (C=O) groups is 1. The lowest BCUT2D eigenvalue weighted by Gasteiger charge is -1.99. The van der Waals surface area contributed by atoms with Gasteiger partial charge in [0, 0.05) is 18.2 Å². The standard InChI is InChI=1S/C10H20ClNO/c1-2-3-4-5-6-7-8-9-10(13)12-11/h2-9H2,1H3,(H,12,13). The van der Waals surface area contributed by atoms with E-state index in [1.165, 1.54) is 32.1 Å². The number of rotatable bonds is 8. The first-order valence-electron chi connectivity index (χ1n) is 5.20. The van der Waals surface area contributed by atoms with Crippen LogP contribution in [0, 0.1) is 0 Å². The van der Waals surface area contributed by atoms with Gasteiger partial charge >= 0.3 is 0 Å². The molecule has 0 aromatic rings. The van der Waals surface area contributed by atoms with Crippen molar-refractivity contribution in [1.82, 2.24) is 4.84 Å². The normalized spacial score (nSPS) is 10.0. The average molecular weight is 206 g/mol. The summed E-state index contributed by atoms with van der Waals surface area (Å²) in [4.78, 5) is 12.8. The van der Waals surface area contributed by atoms with Gasteiger partial charge in [-0.2, -0.15) is 0 Å². The lowest BCUT2D eigenvalue weighted by atomic mass is 10.1. The summed E-state index contributed by atoms with van der Waals surface area (Å²) in [5, 5.41) is 0. The lowest BCUT2D eigenvalue weighted by Crippen LogP contribution is -2.11. The Morgan fingerprint density at radius 3 is 2.15 bits per heavy atom. The summed E-state index contributed by atoms with van der Waals surface area (Å²) in [6.45, 7) is 2.21. The van der Waals surface area contributed by atoms with Gasteiger partial charge in [-0.05, 0) is 6.42 Å². The molecule has 13 heavy (non-hydrogen) atoms. The average Bonchev–Trinajstić information content (AvgIpc) is 2.16. The Labute approximate surface area is 86.2 Å². The van der Waals surface area contributed by atoms with Gasteiger partial charge < -0.3 is 0 Å². The van der Waals surface area contributed by atoms with E-state index in [0.29, 0.717) is 6.42 Å². The molecule has 78 valence electrons. The molecule has 3 heteroatoms. The maximum Gasteiger partial charge on any atom is 0.234 e. The number of hydrogen-bond acceptors (Lipinski definition) is 1. The van der Waals surface area contributed by atoms with Gasteiger partial charge in [-0.15, -0.1) is 0 Å². The molecule has 0 rings (SSSR count). The van der Waals surface area contributed by atoms with Crippen molar-refractivity contribution in [3.63, 3.8) is 0 Å². The van der Waals surface area contributed by atoms with Gasteiger partial charge in [0.1, 0.15) is 0 Å². The molecule has 1 amide bonds. The van der Waals surface area contributed by atoms with E-state index in [-0.39, 0.29) is 5.91 Å². The van der Waals surface area contributed by atoms with Gasteiger partial charge in [-0.1, -0.05) is 45.4 Å². The fraction of sp³-hybridized carbons (Fsp3) is 0.900. The van der Waals surface area contributed by atoms with Crippen molar-refractivity contribution in [2.45, 2.75) is 58.3 Å². The van der Waals surface area contributed by atoms with Crippen molar-refractivity contribution in [3.05, 3.63) is 0 Å². The first-order valence-corrected chi connectivity index (χ1v) is 5.58. The first kappa shape index (κ1) is 12.8. The second-order valence-corrected chi connectivity index (χ2v) is 3.58. The molecule has 0 atom stereocenters. The molecule has 0 unspecified atom stereocenters. The predicted octanol–water partition coefficient (Wildman–Crippen LogP) is 3.40. The third-order valence-electron chi connectivity index (χ3n) is 2.11. The smallest absolute Gasteiger partial charge is 0.234 e. The van der Waals surface area contributed by atoms with Crippen molar-refractivity contribution in [2.75, 3.05) is 0 Å². The highest BCUT2D eigenvalue weighted by Crippen LogP contribution is 2.08. The predicted molar refractivity (Wildman–Crippen MR) is 56.6 cm³/mol. The molecule has 0 aliphatic rings. The zero-order valence-electron chi connectivity index (χ0n) is 8.44. The van der Waals surface area contributed by atoms with Crippen LogP contribution in [0.4, 0.5) is 0 Å². The SMILES string of the molecule is CCCCCCCCCC(=O)NCl. The molecule has 0 aliphatic heterocycles. The largest absolute Gasteiger partial charge is 0.274 e. The van der Waals surface area contributed by atoms with Gasteiger partial charge in [0.15, 0.2) is 0 Å². The Kier molecular flexibility index (Phi) is 9.66. The van der Waals surface area contributed by atoms with Crippen LogP contribution in [-0.2, 0) is 4.79 Å². The third kappa shape index (κ3) is 9.68. The molecule has 0 spiro atoms. The van der Waals surface area contributed by atoms with E-state index < -0.39 is 0 Å². The number of amides is 1. The van der Waals surface area contributed by atoms with Crippen molar-refractivity contribution < 1.29 is 4.79 Å². The molecule has 2 nitrogen and oxygen atoms in total. The Hall–Kier alpha value is -0.240. The van der Waals surface area contributed by atoms with Crippen molar-refractivity contribution >= 4 is 17.7 Å². The number of carbonyl (C=O) groups excluding carboxylic acids is 1. The van der Waals surface area contributed by atoms with Crippen molar-refractivity contribution in [1.29, 1.82) is 0 Å². The molecule has 1 N–H and O–H groups in total. The molecular weight excluding hydrogens is 186 g/mol.